The van der Waals surface area contributed by atoms with Gasteiger partial charge in [0.2, 0.25) is 0 Å². The third-order valence-corrected chi connectivity index (χ3v) is 2.47. The molecule has 124 valence electrons. The summed E-state index contributed by atoms with van der Waals surface area (Å²) in [5, 5.41) is 2.97. The summed E-state index contributed by atoms with van der Waals surface area (Å²) in [6.07, 6.45) is 0.619. The maximum Gasteiger partial charge on any atom is 0.177 e. The Morgan fingerprint density at radius 1 is 1.10 bits per heavy atom. The molecule has 3 N–H and O–H groups in total. The van der Waals surface area contributed by atoms with Gasteiger partial charge in [-0.15, -0.1) is 0 Å². The number of carbonyl (C=O) groups is 1. The van der Waals surface area contributed by atoms with Gasteiger partial charge >= 0.3 is 0 Å². The zero-order chi connectivity index (χ0) is 16.4. The van der Waals surface area contributed by atoms with Crippen LogP contribution in [0.1, 0.15) is 48.0 Å². The largest absolute Gasteiger partial charge is 0.378 e. The molecule has 1 atom stereocenters. The first-order valence-electron chi connectivity index (χ1n) is 7.67. The van der Waals surface area contributed by atoms with Gasteiger partial charge in [0.05, 0.1) is 25.4 Å². The summed E-state index contributed by atoms with van der Waals surface area (Å²) in [6, 6.07) is 0. The summed E-state index contributed by atoms with van der Waals surface area (Å²) < 4.78 is 10.4. The SMILES string of the molecule is CC.CC.CCC(C)(N)C(=O)COCCOCCNC. The lowest BCUT2D eigenvalue weighted by Crippen LogP contribution is -2.46. The van der Waals surface area contributed by atoms with E-state index in [1.807, 2.05) is 41.7 Å². The Hall–Kier alpha value is -0.490. The summed E-state index contributed by atoms with van der Waals surface area (Å²) in [5.74, 6) is -0.0646. The van der Waals surface area contributed by atoms with Crippen LogP contribution in [0, 0.1) is 0 Å². The Balaban J connectivity index is -0.000000656. The van der Waals surface area contributed by atoms with Crippen molar-refractivity contribution >= 4 is 5.78 Å². The third-order valence-electron chi connectivity index (χ3n) is 2.47. The average Bonchev–Trinajstić information content (AvgIpc) is 2.50. The lowest BCUT2D eigenvalue weighted by Gasteiger charge is -2.20. The number of hydrogen-bond donors (Lipinski definition) is 2. The lowest BCUT2D eigenvalue weighted by atomic mass is 9.95. The van der Waals surface area contributed by atoms with Crippen LogP contribution < -0.4 is 11.1 Å². The van der Waals surface area contributed by atoms with E-state index in [4.69, 9.17) is 15.2 Å². The molecule has 0 aromatic carbocycles. The van der Waals surface area contributed by atoms with E-state index in [0.717, 1.165) is 6.54 Å². The maximum atomic E-state index is 11.5. The van der Waals surface area contributed by atoms with Crippen molar-refractivity contribution < 1.29 is 14.3 Å². The molecule has 0 aliphatic carbocycles. The van der Waals surface area contributed by atoms with Gasteiger partial charge in [-0.1, -0.05) is 34.6 Å². The molecular weight excluding hydrogens is 256 g/mol. The van der Waals surface area contributed by atoms with Gasteiger partial charge in [0.15, 0.2) is 5.78 Å². The van der Waals surface area contributed by atoms with Crippen LogP contribution in [0.2, 0.25) is 0 Å². The Labute approximate surface area is 125 Å². The molecule has 0 spiro atoms. The zero-order valence-corrected chi connectivity index (χ0v) is 14.5. The minimum absolute atomic E-state index is 0.0646. The van der Waals surface area contributed by atoms with Gasteiger partial charge < -0.3 is 20.5 Å². The molecule has 0 aliphatic rings. The fourth-order valence-electron chi connectivity index (χ4n) is 0.921. The molecule has 0 heterocycles. The van der Waals surface area contributed by atoms with Gasteiger partial charge in [-0.05, 0) is 20.4 Å². The van der Waals surface area contributed by atoms with Gasteiger partial charge in [-0.2, -0.15) is 0 Å². The second-order valence-electron chi connectivity index (χ2n) is 3.96. The van der Waals surface area contributed by atoms with E-state index in [0.29, 0.717) is 26.2 Å². The molecule has 5 nitrogen and oxygen atoms in total. The van der Waals surface area contributed by atoms with Crippen LogP contribution in [0.3, 0.4) is 0 Å². The standard InChI is InChI=1S/C11H24N2O3.2C2H6/c1-4-11(2,12)10(14)9-16-8-7-15-6-5-13-3;2*1-2/h13H,4-9,12H2,1-3H3;2*1-2H3. The second kappa shape index (κ2) is 18.5. The van der Waals surface area contributed by atoms with Crippen LogP contribution in [-0.2, 0) is 14.3 Å². The van der Waals surface area contributed by atoms with Crippen molar-refractivity contribution in [2.24, 2.45) is 5.73 Å². The van der Waals surface area contributed by atoms with Crippen molar-refractivity contribution in [1.82, 2.24) is 5.32 Å². The minimum atomic E-state index is -0.771. The number of nitrogens with one attached hydrogen (secondary N) is 1. The Bertz CT molecular complexity index is 198. The number of Topliss-reactive ketones (excluding diaryl/α,β-unsaturated/α-hetero) is 1. The molecule has 0 amide bonds. The lowest BCUT2D eigenvalue weighted by molar-refractivity contribution is -0.128. The van der Waals surface area contributed by atoms with E-state index >= 15 is 0 Å². The number of likely N-dealkylation sites (N-methyl/N-ethyl adjacent to an activating group) is 1. The van der Waals surface area contributed by atoms with Crippen LogP contribution in [-0.4, -0.2) is 51.3 Å². The topological polar surface area (TPSA) is 73.6 Å². The number of nitrogens with two attached hydrogens (primary N) is 1. The highest BCUT2D eigenvalue weighted by Gasteiger charge is 2.25. The van der Waals surface area contributed by atoms with Crippen molar-refractivity contribution in [3.63, 3.8) is 0 Å². The van der Waals surface area contributed by atoms with Gasteiger partial charge in [-0.25, -0.2) is 0 Å². The molecule has 0 radical (unpaired) electrons. The number of ether oxygens (including phenoxy) is 2. The fraction of sp³-hybridized carbons (Fsp3) is 0.933. The number of rotatable bonds is 10. The Kier molecular flexibility index (Phi) is 22.7. The first-order valence-corrected chi connectivity index (χ1v) is 7.67. The van der Waals surface area contributed by atoms with Crippen molar-refractivity contribution in [3.05, 3.63) is 0 Å². The number of hydrogen-bond acceptors (Lipinski definition) is 5. The molecule has 0 saturated carbocycles. The molecule has 1 unspecified atom stereocenters. The monoisotopic (exact) mass is 292 g/mol. The maximum absolute atomic E-state index is 11.5. The van der Waals surface area contributed by atoms with Crippen molar-refractivity contribution in [1.29, 1.82) is 0 Å². The van der Waals surface area contributed by atoms with Crippen molar-refractivity contribution in [2.45, 2.75) is 53.5 Å². The number of carbonyl (C=O) groups excluding carboxylic acids is 1. The van der Waals surface area contributed by atoms with Crippen molar-refractivity contribution in [3.8, 4) is 0 Å². The van der Waals surface area contributed by atoms with Gasteiger partial charge in [0.25, 0.3) is 0 Å². The molecule has 20 heavy (non-hydrogen) atoms. The summed E-state index contributed by atoms with van der Waals surface area (Å²) >= 11 is 0. The molecule has 5 heteroatoms. The summed E-state index contributed by atoms with van der Waals surface area (Å²) in [4.78, 5) is 11.5. The van der Waals surface area contributed by atoms with Crippen LogP contribution in [0.5, 0.6) is 0 Å². The Morgan fingerprint density at radius 3 is 2.05 bits per heavy atom. The molecule has 0 aliphatic heterocycles. The number of ketones is 1. The highest BCUT2D eigenvalue weighted by Crippen LogP contribution is 2.06. The van der Waals surface area contributed by atoms with Crippen molar-refractivity contribution in [2.75, 3.05) is 40.0 Å². The first kappa shape index (κ1) is 24.5. The first-order chi connectivity index (χ1) is 9.54. The summed E-state index contributed by atoms with van der Waals surface area (Å²) in [7, 11) is 1.87. The van der Waals surface area contributed by atoms with E-state index < -0.39 is 5.54 Å². The summed E-state index contributed by atoms with van der Waals surface area (Å²) in [5.41, 5.74) is 5.00. The van der Waals surface area contributed by atoms with E-state index in [2.05, 4.69) is 5.32 Å². The quantitative estimate of drug-likeness (QED) is 0.602. The molecule has 0 aromatic rings. The van der Waals surface area contributed by atoms with Crippen LogP contribution >= 0.6 is 0 Å². The molecular formula is C15H36N2O3. The second-order valence-corrected chi connectivity index (χ2v) is 3.96. The Morgan fingerprint density at radius 2 is 1.60 bits per heavy atom. The van der Waals surface area contributed by atoms with Crippen LogP contribution in [0.4, 0.5) is 0 Å². The summed E-state index contributed by atoms with van der Waals surface area (Å²) in [6.45, 7) is 14.1. The van der Waals surface area contributed by atoms with E-state index in [-0.39, 0.29) is 12.4 Å². The minimum Gasteiger partial charge on any atom is -0.378 e. The van der Waals surface area contributed by atoms with E-state index in [1.54, 1.807) is 6.92 Å². The van der Waals surface area contributed by atoms with Gasteiger partial charge in [-0.3, -0.25) is 4.79 Å². The fourth-order valence-corrected chi connectivity index (χ4v) is 0.921. The highest BCUT2D eigenvalue weighted by atomic mass is 16.5. The third kappa shape index (κ3) is 15.6. The van der Waals surface area contributed by atoms with Crippen LogP contribution in [0.15, 0.2) is 0 Å². The van der Waals surface area contributed by atoms with Gasteiger partial charge in [0, 0.05) is 6.54 Å². The smallest absolute Gasteiger partial charge is 0.177 e. The molecule has 0 rings (SSSR count). The molecule has 0 bridgehead atoms. The predicted molar refractivity (Wildman–Crippen MR) is 86.2 cm³/mol. The predicted octanol–water partition coefficient (Wildman–Crippen LogP) is 1.99. The van der Waals surface area contributed by atoms with E-state index in [9.17, 15) is 4.79 Å². The van der Waals surface area contributed by atoms with Gasteiger partial charge in [0.1, 0.15) is 6.61 Å². The normalized spacial score (nSPS) is 12.4. The van der Waals surface area contributed by atoms with Crippen LogP contribution in [0.25, 0.3) is 0 Å². The zero-order valence-electron chi connectivity index (χ0n) is 14.5. The van der Waals surface area contributed by atoms with E-state index in [1.165, 1.54) is 0 Å². The molecule has 0 aromatic heterocycles. The molecule has 0 saturated heterocycles. The average molecular weight is 292 g/mol. The molecule has 0 fully saturated rings. The highest BCUT2D eigenvalue weighted by molar-refractivity contribution is 5.88.